The average Bonchev–Trinajstić information content (AvgIpc) is 2.56. The minimum Gasteiger partial charge on any atom is -0.378 e. The van der Waals surface area contributed by atoms with Crippen LogP contribution in [0.25, 0.3) is 0 Å². The first kappa shape index (κ1) is 25.4. The molecular weight excluding hydrogens is 443 g/mol. The van der Waals surface area contributed by atoms with Crippen LogP contribution in [0.2, 0.25) is 0 Å². The van der Waals surface area contributed by atoms with Crippen LogP contribution in [0.15, 0.2) is 4.99 Å². The van der Waals surface area contributed by atoms with Crippen LogP contribution in [-0.2, 0) is 9.53 Å². The number of rotatable bonds is 8. The zero-order valence-electron chi connectivity index (χ0n) is 17.6. The summed E-state index contributed by atoms with van der Waals surface area (Å²) in [7, 11) is 1.78. The Balaban J connectivity index is 0.00000625. The van der Waals surface area contributed by atoms with Crippen molar-refractivity contribution >= 4 is 35.8 Å². The van der Waals surface area contributed by atoms with Crippen LogP contribution < -0.4 is 16.0 Å². The van der Waals surface area contributed by atoms with Gasteiger partial charge in [-0.3, -0.25) is 9.79 Å². The second-order valence-corrected chi connectivity index (χ2v) is 7.82. The van der Waals surface area contributed by atoms with Crippen molar-refractivity contribution in [3.05, 3.63) is 0 Å². The molecule has 0 aromatic carbocycles. The highest BCUT2D eigenvalue weighted by molar-refractivity contribution is 14.0. The Labute approximate surface area is 176 Å². The lowest BCUT2D eigenvalue weighted by molar-refractivity contribution is -0.133. The number of halogens is 1. The van der Waals surface area contributed by atoms with E-state index in [1.807, 2.05) is 20.8 Å². The summed E-state index contributed by atoms with van der Waals surface area (Å²) in [6.45, 7) is 14.3. The normalized spacial score (nSPS) is 22.0. The van der Waals surface area contributed by atoms with E-state index in [1.54, 1.807) is 7.05 Å². The molecule has 1 aliphatic rings. The van der Waals surface area contributed by atoms with E-state index in [1.165, 1.54) is 0 Å². The number of hydrogen-bond acceptors (Lipinski definition) is 3. The highest BCUT2D eigenvalue weighted by Gasteiger charge is 2.53. The third-order valence-corrected chi connectivity index (χ3v) is 5.39. The topological polar surface area (TPSA) is 74.8 Å². The monoisotopic (exact) mass is 482 g/mol. The smallest absolute Gasteiger partial charge is 0.225 e. The molecule has 2 atom stereocenters. The largest absolute Gasteiger partial charge is 0.378 e. The molecule has 0 heterocycles. The number of nitrogens with one attached hydrogen (secondary N) is 3. The first-order valence-corrected chi connectivity index (χ1v) is 9.62. The van der Waals surface area contributed by atoms with E-state index in [2.05, 4.69) is 41.7 Å². The van der Waals surface area contributed by atoms with Crippen molar-refractivity contribution in [1.82, 2.24) is 16.0 Å². The molecule has 0 bridgehead atoms. The molecule has 3 N–H and O–H groups in total. The van der Waals surface area contributed by atoms with Crippen molar-refractivity contribution < 1.29 is 9.53 Å². The number of ether oxygens (including phenoxy) is 1. The van der Waals surface area contributed by atoms with Crippen molar-refractivity contribution in [3.63, 3.8) is 0 Å². The molecule has 0 aromatic heterocycles. The van der Waals surface area contributed by atoms with E-state index in [0.29, 0.717) is 25.2 Å². The van der Waals surface area contributed by atoms with Gasteiger partial charge in [0.25, 0.3) is 0 Å². The number of aliphatic imine (C=N–C) groups is 1. The lowest BCUT2D eigenvalue weighted by atomic mass is 9.58. The first-order valence-electron chi connectivity index (χ1n) is 9.62. The van der Waals surface area contributed by atoms with E-state index < -0.39 is 0 Å². The van der Waals surface area contributed by atoms with Gasteiger partial charge < -0.3 is 20.7 Å². The molecule has 2 unspecified atom stereocenters. The molecule has 1 rings (SSSR count). The van der Waals surface area contributed by atoms with Gasteiger partial charge in [-0.2, -0.15) is 0 Å². The first-order chi connectivity index (χ1) is 11.7. The lowest BCUT2D eigenvalue weighted by Crippen LogP contribution is -2.65. The van der Waals surface area contributed by atoms with Gasteiger partial charge in [-0.05, 0) is 26.2 Å². The number of amides is 1. The molecule has 1 amide bonds. The summed E-state index contributed by atoms with van der Waals surface area (Å²) >= 11 is 0. The third kappa shape index (κ3) is 6.25. The standard InChI is InChI=1S/C19H38N4O2.HI/c1-8-19(9-2)14(13-15(19)25-10-3)23-17(20-7)22-12-11-21-16(24)18(4,5)6;/h14-15H,8-13H2,1-7H3,(H,21,24)(H2,20,22,23);1H. The second kappa shape index (κ2) is 11.3. The molecule has 1 aliphatic carbocycles. The molecule has 6 nitrogen and oxygen atoms in total. The van der Waals surface area contributed by atoms with Crippen molar-refractivity contribution in [2.45, 2.75) is 73.0 Å². The van der Waals surface area contributed by atoms with Crippen molar-refractivity contribution in [2.75, 3.05) is 26.7 Å². The Morgan fingerprint density at radius 2 is 1.73 bits per heavy atom. The van der Waals surface area contributed by atoms with Gasteiger partial charge in [-0.25, -0.2) is 0 Å². The van der Waals surface area contributed by atoms with Gasteiger partial charge in [-0.15, -0.1) is 24.0 Å². The van der Waals surface area contributed by atoms with Gasteiger partial charge in [0.15, 0.2) is 5.96 Å². The summed E-state index contributed by atoms with van der Waals surface area (Å²) in [6.07, 6.45) is 3.51. The zero-order valence-corrected chi connectivity index (χ0v) is 19.9. The number of guanidine groups is 1. The molecule has 154 valence electrons. The van der Waals surface area contributed by atoms with Gasteiger partial charge >= 0.3 is 0 Å². The molecule has 0 aromatic rings. The maximum atomic E-state index is 11.9. The highest BCUT2D eigenvalue weighted by Crippen LogP contribution is 2.48. The van der Waals surface area contributed by atoms with Crippen LogP contribution in [0.4, 0.5) is 0 Å². The molecule has 0 radical (unpaired) electrons. The minimum absolute atomic E-state index is 0. The molecule has 1 saturated carbocycles. The molecule has 0 saturated heterocycles. The Morgan fingerprint density at radius 1 is 1.15 bits per heavy atom. The number of carbonyl (C=O) groups is 1. The van der Waals surface area contributed by atoms with Gasteiger partial charge in [0.2, 0.25) is 5.91 Å². The highest BCUT2D eigenvalue weighted by atomic mass is 127. The van der Waals surface area contributed by atoms with E-state index in [0.717, 1.165) is 31.8 Å². The van der Waals surface area contributed by atoms with E-state index in [-0.39, 0.29) is 40.7 Å². The lowest BCUT2D eigenvalue weighted by Gasteiger charge is -2.55. The number of nitrogens with zero attached hydrogens (tertiary/aromatic N) is 1. The summed E-state index contributed by atoms with van der Waals surface area (Å²) in [5, 5.41) is 9.78. The predicted molar refractivity (Wildman–Crippen MR) is 119 cm³/mol. The molecule has 1 fully saturated rings. The quantitative estimate of drug-likeness (QED) is 0.215. The van der Waals surface area contributed by atoms with Crippen molar-refractivity contribution in [2.24, 2.45) is 15.8 Å². The van der Waals surface area contributed by atoms with Crippen LogP contribution in [0, 0.1) is 10.8 Å². The average molecular weight is 482 g/mol. The van der Waals surface area contributed by atoms with Gasteiger partial charge in [0, 0.05) is 43.6 Å². The van der Waals surface area contributed by atoms with Gasteiger partial charge in [0.05, 0.1) is 6.10 Å². The Kier molecular flexibility index (Phi) is 11.1. The summed E-state index contributed by atoms with van der Waals surface area (Å²) < 4.78 is 5.93. The van der Waals surface area contributed by atoms with Crippen LogP contribution >= 0.6 is 24.0 Å². The molecule has 26 heavy (non-hydrogen) atoms. The number of hydrogen-bond donors (Lipinski definition) is 3. The summed E-state index contributed by atoms with van der Waals surface area (Å²) in [4.78, 5) is 16.2. The SMILES string of the molecule is CCOC1CC(NC(=NC)NCCNC(=O)C(C)(C)C)C1(CC)CC.I. The van der Waals surface area contributed by atoms with Crippen molar-refractivity contribution in [1.29, 1.82) is 0 Å². The van der Waals surface area contributed by atoms with E-state index in [9.17, 15) is 4.79 Å². The Bertz CT molecular complexity index is 459. The van der Waals surface area contributed by atoms with Crippen molar-refractivity contribution in [3.8, 4) is 0 Å². The maximum absolute atomic E-state index is 11.9. The second-order valence-electron chi connectivity index (χ2n) is 7.82. The maximum Gasteiger partial charge on any atom is 0.225 e. The van der Waals surface area contributed by atoms with Crippen LogP contribution in [0.5, 0.6) is 0 Å². The molecule has 0 aliphatic heterocycles. The molecular formula is C19H39IN4O2. The third-order valence-electron chi connectivity index (χ3n) is 5.39. The van der Waals surface area contributed by atoms with Gasteiger partial charge in [0.1, 0.15) is 0 Å². The summed E-state index contributed by atoms with van der Waals surface area (Å²) in [5.41, 5.74) is -0.184. The zero-order chi connectivity index (χ0) is 19.1. The van der Waals surface area contributed by atoms with E-state index >= 15 is 0 Å². The minimum atomic E-state index is -0.359. The molecule has 0 spiro atoms. The summed E-state index contributed by atoms with van der Waals surface area (Å²) in [6, 6.07) is 0.370. The fraction of sp³-hybridized carbons (Fsp3) is 0.895. The predicted octanol–water partition coefficient (Wildman–Crippen LogP) is 2.92. The molecule has 7 heteroatoms. The van der Waals surface area contributed by atoms with Crippen LogP contribution in [0.3, 0.4) is 0 Å². The fourth-order valence-corrected chi connectivity index (χ4v) is 3.57. The Hall–Kier alpha value is -0.570. The van der Waals surface area contributed by atoms with Gasteiger partial charge in [-0.1, -0.05) is 34.6 Å². The Morgan fingerprint density at radius 3 is 2.19 bits per heavy atom. The van der Waals surface area contributed by atoms with Crippen LogP contribution in [-0.4, -0.2) is 50.8 Å². The fourth-order valence-electron chi connectivity index (χ4n) is 3.57. The summed E-state index contributed by atoms with van der Waals surface area (Å²) in [5.74, 6) is 0.850. The van der Waals surface area contributed by atoms with Crippen LogP contribution in [0.1, 0.15) is 60.8 Å². The number of carbonyl (C=O) groups excluding carboxylic acids is 1. The van der Waals surface area contributed by atoms with E-state index in [4.69, 9.17) is 4.74 Å².